The van der Waals surface area contributed by atoms with Gasteiger partial charge in [-0.2, -0.15) is 0 Å². The van der Waals surface area contributed by atoms with Crippen LogP contribution in [0.1, 0.15) is 12.8 Å². The number of carbonyl (C=O) groups is 1. The number of rotatable bonds is 0. The molecule has 2 heteroatoms. The second-order valence-electron chi connectivity index (χ2n) is 2.96. The molecule has 2 rings (SSSR count). The normalized spacial score (nSPS) is 30.2. The lowest BCUT2D eigenvalue weighted by Crippen LogP contribution is -2.21. The molecule has 1 aliphatic heterocycles. The number of ether oxygens (including phenoxy) is 1. The summed E-state index contributed by atoms with van der Waals surface area (Å²) < 4.78 is 5.40. The van der Waals surface area contributed by atoms with E-state index in [1.807, 2.05) is 0 Å². The van der Waals surface area contributed by atoms with Gasteiger partial charge in [-0.3, -0.25) is 4.79 Å². The average Bonchev–Trinajstić information content (AvgIpc) is 2.30. The Bertz CT molecular complexity index is 250. The third-order valence-corrected chi connectivity index (χ3v) is 2.18. The minimum Gasteiger partial charge on any atom is -0.369 e. The fourth-order valence-electron chi connectivity index (χ4n) is 1.58. The van der Waals surface area contributed by atoms with Gasteiger partial charge >= 0.3 is 0 Å². The Kier molecular flexibility index (Phi) is 1.43. The third-order valence-electron chi connectivity index (χ3n) is 2.18. The Balaban J connectivity index is 2.29. The fraction of sp³-hybridized carbons (Fsp3) is 0.444. The monoisotopic (exact) mass is 150 g/mol. The highest BCUT2D eigenvalue weighted by atomic mass is 16.5. The first kappa shape index (κ1) is 6.80. The Hall–Kier alpha value is -0.890. The lowest BCUT2D eigenvalue weighted by Gasteiger charge is -2.21. The summed E-state index contributed by atoms with van der Waals surface area (Å²) in [6.07, 6.45) is 3.63. The van der Waals surface area contributed by atoms with Gasteiger partial charge in [0.25, 0.3) is 0 Å². The smallest absolute Gasteiger partial charge is 0.184 e. The maximum atomic E-state index is 11.1. The number of ketones is 1. The number of carbonyl (C=O) groups excluding carboxylic acids is 1. The zero-order chi connectivity index (χ0) is 7.84. The van der Waals surface area contributed by atoms with Crippen LogP contribution in [0, 0.1) is 0 Å². The van der Waals surface area contributed by atoms with Gasteiger partial charge in [0.2, 0.25) is 0 Å². The highest BCUT2D eigenvalue weighted by Gasteiger charge is 2.31. The number of hydrogen-bond donors (Lipinski definition) is 0. The lowest BCUT2D eigenvalue weighted by molar-refractivity contribution is -0.111. The molecule has 0 bridgehead atoms. The molecule has 1 heterocycles. The van der Waals surface area contributed by atoms with Crippen molar-refractivity contribution in [3.63, 3.8) is 0 Å². The van der Waals surface area contributed by atoms with Gasteiger partial charge < -0.3 is 4.74 Å². The maximum Gasteiger partial charge on any atom is 0.184 e. The highest BCUT2D eigenvalue weighted by molar-refractivity contribution is 6.08. The van der Waals surface area contributed by atoms with Crippen molar-refractivity contribution in [2.24, 2.45) is 0 Å². The minimum absolute atomic E-state index is 0.0481. The molecule has 2 nitrogen and oxygen atoms in total. The van der Waals surface area contributed by atoms with E-state index in [4.69, 9.17) is 4.74 Å². The fourth-order valence-corrected chi connectivity index (χ4v) is 1.58. The van der Waals surface area contributed by atoms with Gasteiger partial charge in [-0.25, -0.2) is 0 Å². The van der Waals surface area contributed by atoms with Crippen LogP contribution >= 0.6 is 0 Å². The van der Waals surface area contributed by atoms with Crippen LogP contribution in [-0.4, -0.2) is 18.5 Å². The van der Waals surface area contributed by atoms with Crippen molar-refractivity contribution in [1.82, 2.24) is 0 Å². The van der Waals surface area contributed by atoms with Gasteiger partial charge in [0.15, 0.2) is 5.78 Å². The molecule has 0 amide bonds. The molecular weight excluding hydrogens is 140 g/mol. The first-order valence-corrected chi connectivity index (χ1v) is 3.84. The molecule has 0 saturated carbocycles. The summed E-state index contributed by atoms with van der Waals surface area (Å²) >= 11 is 0. The summed E-state index contributed by atoms with van der Waals surface area (Å²) in [4.78, 5) is 11.1. The number of hydrogen-bond acceptors (Lipinski definition) is 2. The van der Waals surface area contributed by atoms with E-state index in [1.54, 1.807) is 6.08 Å². The van der Waals surface area contributed by atoms with E-state index >= 15 is 0 Å². The van der Waals surface area contributed by atoms with E-state index in [0.29, 0.717) is 5.57 Å². The lowest BCUT2D eigenvalue weighted by atomic mass is 10.0. The van der Waals surface area contributed by atoms with Crippen molar-refractivity contribution in [2.75, 3.05) is 6.61 Å². The van der Waals surface area contributed by atoms with Gasteiger partial charge in [0, 0.05) is 12.2 Å². The van der Waals surface area contributed by atoms with Crippen LogP contribution in [0.15, 0.2) is 23.8 Å². The van der Waals surface area contributed by atoms with E-state index < -0.39 is 0 Å². The van der Waals surface area contributed by atoms with Crippen LogP contribution in [0.5, 0.6) is 0 Å². The second-order valence-corrected chi connectivity index (χ2v) is 2.96. The molecule has 0 aromatic heterocycles. The summed E-state index contributed by atoms with van der Waals surface area (Å²) in [6, 6.07) is 0. The summed E-state index contributed by atoms with van der Waals surface area (Å²) in [5.74, 6) is 0.0481. The van der Waals surface area contributed by atoms with Crippen molar-refractivity contribution in [3.05, 3.63) is 23.8 Å². The van der Waals surface area contributed by atoms with Gasteiger partial charge in [0.05, 0.1) is 0 Å². The minimum atomic E-state index is -0.0729. The van der Waals surface area contributed by atoms with Crippen molar-refractivity contribution in [3.8, 4) is 0 Å². The van der Waals surface area contributed by atoms with Crippen LogP contribution in [0.25, 0.3) is 0 Å². The number of fused-ring (bicyclic) bond motifs is 1. The van der Waals surface area contributed by atoms with Crippen LogP contribution in [0.3, 0.4) is 0 Å². The Morgan fingerprint density at radius 2 is 2.45 bits per heavy atom. The first-order chi connectivity index (χ1) is 5.29. The molecule has 0 aromatic carbocycles. The molecule has 1 saturated heterocycles. The summed E-state index contributed by atoms with van der Waals surface area (Å²) in [7, 11) is 0. The van der Waals surface area contributed by atoms with Gasteiger partial charge in [-0.05, 0) is 24.5 Å². The predicted molar refractivity (Wildman–Crippen MR) is 41.2 cm³/mol. The molecule has 0 N–H and O–H groups in total. The van der Waals surface area contributed by atoms with E-state index in [2.05, 4.69) is 6.58 Å². The molecule has 0 radical (unpaired) electrons. The van der Waals surface area contributed by atoms with Crippen LogP contribution < -0.4 is 0 Å². The highest BCUT2D eigenvalue weighted by Crippen LogP contribution is 2.30. The van der Waals surface area contributed by atoms with Crippen molar-refractivity contribution < 1.29 is 9.53 Å². The van der Waals surface area contributed by atoms with E-state index in [0.717, 1.165) is 25.0 Å². The van der Waals surface area contributed by atoms with Gasteiger partial charge in [-0.1, -0.05) is 6.58 Å². The van der Waals surface area contributed by atoms with Gasteiger partial charge in [-0.15, -0.1) is 0 Å². The van der Waals surface area contributed by atoms with Crippen molar-refractivity contribution in [1.29, 1.82) is 0 Å². The molecule has 58 valence electrons. The zero-order valence-corrected chi connectivity index (χ0v) is 6.30. The Morgan fingerprint density at radius 3 is 3.18 bits per heavy atom. The van der Waals surface area contributed by atoms with Crippen molar-refractivity contribution >= 4 is 5.78 Å². The molecule has 1 atom stereocenters. The van der Waals surface area contributed by atoms with Crippen LogP contribution in [-0.2, 0) is 9.53 Å². The summed E-state index contributed by atoms with van der Waals surface area (Å²) in [5.41, 5.74) is 1.73. The molecule has 1 fully saturated rings. The largest absolute Gasteiger partial charge is 0.369 e. The standard InChI is InChI=1S/C9H10O2/c1-6-8(10)5-7-3-2-4-11-9(6)7/h5,9H,1-4H2. The molecule has 1 aliphatic carbocycles. The summed E-state index contributed by atoms with van der Waals surface area (Å²) in [5, 5.41) is 0. The van der Waals surface area contributed by atoms with Crippen molar-refractivity contribution in [2.45, 2.75) is 18.9 Å². The number of allylic oxidation sites excluding steroid dienone is 1. The Morgan fingerprint density at radius 1 is 1.64 bits per heavy atom. The maximum absolute atomic E-state index is 11.1. The molecule has 0 spiro atoms. The quantitative estimate of drug-likeness (QED) is 0.485. The zero-order valence-electron chi connectivity index (χ0n) is 6.30. The molecule has 2 aliphatic rings. The van der Waals surface area contributed by atoms with Crippen LogP contribution in [0.2, 0.25) is 0 Å². The molecular formula is C9H10O2. The SMILES string of the molecule is C=C1C(=O)C=C2CCCOC12. The van der Waals surface area contributed by atoms with E-state index in [1.165, 1.54) is 0 Å². The third kappa shape index (κ3) is 0.942. The second kappa shape index (κ2) is 2.31. The Labute approximate surface area is 65.5 Å². The first-order valence-electron chi connectivity index (χ1n) is 3.84. The molecule has 11 heavy (non-hydrogen) atoms. The predicted octanol–water partition coefficient (Wildman–Crippen LogP) is 1.23. The van der Waals surface area contributed by atoms with Gasteiger partial charge in [0.1, 0.15) is 6.10 Å². The van der Waals surface area contributed by atoms with E-state index in [-0.39, 0.29) is 11.9 Å². The van der Waals surface area contributed by atoms with E-state index in [9.17, 15) is 4.79 Å². The average molecular weight is 150 g/mol. The summed E-state index contributed by atoms with van der Waals surface area (Å²) in [6.45, 7) is 4.45. The topological polar surface area (TPSA) is 26.3 Å². The molecule has 0 aromatic rings. The van der Waals surface area contributed by atoms with Crippen LogP contribution in [0.4, 0.5) is 0 Å². The molecule has 1 unspecified atom stereocenters.